The van der Waals surface area contributed by atoms with Crippen molar-refractivity contribution in [1.82, 2.24) is 0 Å². The van der Waals surface area contributed by atoms with E-state index in [0.717, 1.165) is 9.26 Å². The van der Waals surface area contributed by atoms with Crippen LogP contribution in [0.15, 0.2) is 36.4 Å². The van der Waals surface area contributed by atoms with E-state index in [1.165, 1.54) is 11.3 Å². The number of imide groups is 1. The molecule has 2 amide bonds. The number of nitrogens with zero attached hydrogens (tertiary/aromatic N) is 1. The normalized spacial score (nSPS) is 42.2. The van der Waals surface area contributed by atoms with Crippen molar-refractivity contribution in [2.75, 3.05) is 4.90 Å². The van der Waals surface area contributed by atoms with Gasteiger partial charge in [-0.3, -0.25) is 9.59 Å². The highest BCUT2D eigenvalue weighted by atomic mass is 127. The van der Waals surface area contributed by atoms with Gasteiger partial charge >= 0.3 is 0 Å². The van der Waals surface area contributed by atoms with Crippen molar-refractivity contribution >= 4 is 40.1 Å². The Kier molecular flexibility index (Phi) is 2.34. The largest absolute Gasteiger partial charge is 0.274 e. The number of amides is 2. The monoisotopic (exact) mass is 391 g/mol. The number of rotatable bonds is 1. The highest BCUT2D eigenvalue weighted by Gasteiger charge is 2.67. The first-order valence-corrected chi connectivity index (χ1v) is 8.56. The maximum Gasteiger partial charge on any atom is 0.238 e. The molecule has 6 atom stereocenters. The number of benzene rings is 1. The van der Waals surface area contributed by atoms with E-state index < -0.39 is 0 Å². The van der Waals surface area contributed by atoms with Gasteiger partial charge in [-0.2, -0.15) is 0 Å². The van der Waals surface area contributed by atoms with Crippen LogP contribution >= 0.6 is 22.6 Å². The zero-order chi connectivity index (χ0) is 14.3. The highest BCUT2D eigenvalue weighted by molar-refractivity contribution is 14.1. The Morgan fingerprint density at radius 1 is 1.00 bits per heavy atom. The van der Waals surface area contributed by atoms with Gasteiger partial charge in [0.1, 0.15) is 0 Å². The van der Waals surface area contributed by atoms with Gasteiger partial charge in [-0.25, -0.2) is 4.90 Å². The molecular formula is C17H14INO2. The van der Waals surface area contributed by atoms with Crippen molar-refractivity contribution in [3.63, 3.8) is 0 Å². The van der Waals surface area contributed by atoms with E-state index in [2.05, 4.69) is 34.7 Å². The molecule has 3 fully saturated rings. The Morgan fingerprint density at radius 3 is 2.19 bits per heavy atom. The fourth-order valence-electron chi connectivity index (χ4n) is 4.83. The van der Waals surface area contributed by atoms with E-state index in [4.69, 9.17) is 0 Å². The van der Waals surface area contributed by atoms with Crippen LogP contribution in [0.25, 0.3) is 0 Å². The summed E-state index contributed by atoms with van der Waals surface area (Å²) in [5, 5.41) is 0. The molecule has 4 aliphatic carbocycles. The van der Waals surface area contributed by atoms with Crippen molar-refractivity contribution in [3.8, 4) is 0 Å². The Morgan fingerprint density at radius 2 is 1.62 bits per heavy atom. The van der Waals surface area contributed by atoms with Gasteiger partial charge in [-0.15, -0.1) is 0 Å². The van der Waals surface area contributed by atoms with Gasteiger partial charge in [0.25, 0.3) is 0 Å². The summed E-state index contributed by atoms with van der Waals surface area (Å²) >= 11 is 2.22. The lowest BCUT2D eigenvalue weighted by Gasteiger charge is -2.37. The number of hydrogen-bond acceptors (Lipinski definition) is 2. The third-order valence-corrected chi connectivity index (χ3v) is 6.40. The molecule has 1 aromatic rings. The third kappa shape index (κ3) is 1.49. The molecule has 1 aliphatic heterocycles. The Hall–Kier alpha value is -1.17. The smallest absolute Gasteiger partial charge is 0.238 e. The van der Waals surface area contributed by atoms with Crippen molar-refractivity contribution in [3.05, 3.63) is 40.0 Å². The van der Waals surface area contributed by atoms with Crippen LogP contribution in [0.5, 0.6) is 0 Å². The summed E-state index contributed by atoms with van der Waals surface area (Å²) in [4.78, 5) is 27.2. The molecule has 0 radical (unpaired) electrons. The second-order valence-corrected chi connectivity index (χ2v) is 7.89. The van der Waals surface area contributed by atoms with Gasteiger partial charge in [-0.1, -0.05) is 18.2 Å². The van der Waals surface area contributed by atoms with Crippen LogP contribution < -0.4 is 4.90 Å². The molecule has 6 rings (SSSR count). The predicted molar refractivity (Wildman–Crippen MR) is 86.3 cm³/mol. The lowest BCUT2D eigenvalue weighted by atomic mass is 9.63. The van der Waals surface area contributed by atoms with Crippen LogP contribution in [0.3, 0.4) is 0 Å². The molecular weight excluding hydrogens is 377 g/mol. The topological polar surface area (TPSA) is 37.4 Å². The summed E-state index contributed by atoms with van der Waals surface area (Å²) in [5.41, 5.74) is 0.736. The van der Waals surface area contributed by atoms with Gasteiger partial charge in [0.2, 0.25) is 11.8 Å². The molecule has 4 heteroatoms. The number of hydrogen-bond donors (Lipinski definition) is 0. The van der Waals surface area contributed by atoms with Gasteiger partial charge < -0.3 is 0 Å². The quantitative estimate of drug-likeness (QED) is 0.420. The summed E-state index contributed by atoms with van der Waals surface area (Å²) in [5.74, 6) is 1.77. The molecule has 0 N–H and O–H groups in total. The zero-order valence-electron chi connectivity index (χ0n) is 11.3. The van der Waals surface area contributed by atoms with Gasteiger partial charge in [0.15, 0.2) is 0 Å². The summed E-state index contributed by atoms with van der Waals surface area (Å²) < 4.78 is 1.05. The van der Waals surface area contributed by atoms with Crippen LogP contribution in [0.1, 0.15) is 6.42 Å². The van der Waals surface area contributed by atoms with E-state index >= 15 is 0 Å². The second kappa shape index (κ2) is 3.97. The third-order valence-electron chi connectivity index (χ3n) is 5.73. The molecule has 2 bridgehead atoms. The first kappa shape index (κ1) is 12.4. The van der Waals surface area contributed by atoms with Gasteiger partial charge in [0.05, 0.1) is 17.5 Å². The summed E-state index contributed by atoms with van der Waals surface area (Å²) in [6, 6.07) is 7.67. The zero-order valence-corrected chi connectivity index (χ0v) is 13.4. The average molecular weight is 391 g/mol. The number of halogens is 1. The first-order valence-electron chi connectivity index (χ1n) is 7.48. The standard InChI is InChI=1S/C17H14INO2/c18-8-2-1-3-9(6-8)19-16(20)14-10-4-5-11(13-7-12(10)13)15(14)17(19)21/h1-6,10-15H,7H2/t10-,11-,12-,13+,14-,15-/m1/s1. The maximum absolute atomic E-state index is 12.9. The maximum atomic E-state index is 12.9. The number of carbonyl (C=O) groups is 2. The Labute approximate surface area is 136 Å². The SMILES string of the molecule is O=C1[C@@H]2[C@@H]3C=C[C@H]([C@@H]4C[C@H]34)[C@H]2C(=O)N1c1cccc(I)c1. The summed E-state index contributed by atoms with van der Waals surface area (Å²) in [6.07, 6.45) is 5.63. The predicted octanol–water partition coefficient (Wildman–Crippen LogP) is 2.85. The number of anilines is 1. The van der Waals surface area contributed by atoms with Crippen molar-refractivity contribution in [2.45, 2.75) is 6.42 Å². The average Bonchev–Trinajstić information content (AvgIpc) is 3.24. The lowest BCUT2D eigenvalue weighted by Crippen LogP contribution is -2.40. The van der Waals surface area contributed by atoms with Crippen molar-refractivity contribution in [2.24, 2.45) is 35.5 Å². The molecule has 0 aromatic heterocycles. The molecule has 2 saturated carbocycles. The van der Waals surface area contributed by atoms with Crippen LogP contribution in [0.2, 0.25) is 0 Å². The molecule has 1 aromatic carbocycles. The van der Waals surface area contributed by atoms with Crippen LogP contribution in [-0.2, 0) is 9.59 Å². The lowest BCUT2D eigenvalue weighted by molar-refractivity contribution is -0.124. The Balaban J connectivity index is 1.60. The minimum Gasteiger partial charge on any atom is -0.274 e. The fraction of sp³-hybridized carbons (Fsp3) is 0.412. The van der Waals surface area contributed by atoms with E-state index in [0.29, 0.717) is 23.7 Å². The van der Waals surface area contributed by atoms with E-state index in [1.54, 1.807) is 0 Å². The van der Waals surface area contributed by atoms with Crippen LogP contribution in [0, 0.1) is 39.1 Å². The summed E-state index contributed by atoms with van der Waals surface area (Å²) in [7, 11) is 0. The highest BCUT2D eigenvalue weighted by Crippen LogP contribution is 2.65. The Bertz CT molecular complexity index is 676. The van der Waals surface area contributed by atoms with Crippen LogP contribution in [-0.4, -0.2) is 11.8 Å². The molecule has 21 heavy (non-hydrogen) atoms. The minimum absolute atomic E-state index is 0.0247. The number of allylic oxidation sites excluding steroid dienone is 2. The van der Waals surface area contributed by atoms with Crippen molar-refractivity contribution in [1.29, 1.82) is 0 Å². The first-order chi connectivity index (χ1) is 10.2. The molecule has 1 saturated heterocycles. The fourth-order valence-corrected chi connectivity index (χ4v) is 5.35. The molecule has 5 aliphatic rings. The van der Waals surface area contributed by atoms with Crippen LogP contribution in [0.4, 0.5) is 5.69 Å². The second-order valence-electron chi connectivity index (χ2n) is 6.65. The molecule has 106 valence electrons. The van der Waals surface area contributed by atoms with E-state index in [9.17, 15) is 9.59 Å². The number of carbonyl (C=O) groups excluding carboxylic acids is 2. The minimum atomic E-state index is -0.103. The van der Waals surface area contributed by atoms with Gasteiger partial charge in [0, 0.05) is 3.57 Å². The van der Waals surface area contributed by atoms with E-state index in [1.807, 2.05) is 24.3 Å². The van der Waals surface area contributed by atoms with Crippen molar-refractivity contribution < 1.29 is 9.59 Å². The summed E-state index contributed by atoms with van der Waals surface area (Å²) in [6.45, 7) is 0. The molecule has 1 heterocycles. The van der Waals surface area contributed by atoms with Gasteiger partial charge in [-0.05, 0) is 70.9 Å². The molecule has 0 spiro atoms. The molecule has 3 nitrogen and oxygen atoms in total. The molecule has 0 unspecified atom stereocenters. The van der Waals surface area contributed by atoms with E-state index in [-0.39, 0.29) is 23.7 Å².